The molecule has 0 aliphatic rings. The fraction of sp³-hybridized carbons (Fsp3) is 0.643. The summed E-state index contributed by atoms with van der Waals surface area (Å²) in [5, 5.41) is 3.11. The van der Waals surface area contributed by atoms with Crippen molar-refractivity contribution in [3.8, 4) is 0 Å². The minimum Gasteiger partial charge on any atom is -0.358 e. The molecule has 7 heteroatoms. The molecule has 0 aliphatic carbocycles. The Morgan fingerprint density at radius 2 is 1.95 bits per heavy atom. The van der Waals surface area contributed by atoms with Crippen LogP contribution in [0.1, 0.15) is 40.4 Å². The molecule has 0 aromatic carbocycles. The largest absolute Gasteiger partial charge is 0.358 e. The average Bonchev–Trinajstić information content (AvgIpc) is 2.44. The van der Waals surface area contributed by atoms with Gasteiger partial charge in [-0.3, -0.25) is 4.79 Å². The molecule has 4 N–H and O–H groups in total. The lowest BCUT2D eigenvalue weighted by Crippen LogP contribution is -2.39. The Labute approximate surface area is 126 Å². The van der Waals surface area contributed by atoms with Gasteiger partial charge in [0, 0.05) is 25.1 Å². The number of nitrogens with zero attached hydrogens (tertiary/aromatic N) is 3. The summed E-state index contributed by atoms with van der Waals surface area (Å²) in [4.78, 5) is 22.6. The van der Waals surface area contributed by atoms with Crippen molar-refractivity contribution in [1.29, 1.82) is 0 Å². The molecule has 0 fully saturated rings. The van der Waals surface area contributed by atoms with Crippen molar-refractivity contribution >= 4 is 17.5 Å². The third kappa shape index (κ3) is 4.56. The summed E-state index contributed by atoms with van der Waals surface area (Å²) in [7, 11) is 1.77. The number of carbonyl (C=O) groups excluding carboxylic acids is 1. The van der Waals surface area contributed by atoms with Gasteiger partial charge in [0.15, 0.2) is 0 Å². The SMILES string of the molecule is CCN(C)C(=O)C(C)Nc1cc(NN)nc(C(C)(C)C)n1. The van der Waals surface area contributed by atoms with E-state index < -0.39 is 0 Å². The smallest absolute Gasteiger partial charge is 0.244 e. The third-order valence-corrected chi connectivity index (χ3v) is 3.13. The van der Waals surface area contributed by atoms with Gasteiger partial charge in [0.1, 0.15) is 23.5 Å². The molecule has 7 nitrogen and oxygen atoms in total. The molecule has 1 aromatic rings. The maximum atomic E-state index is 12.1. The molecule has 1 heterocycles. The first-order valence-corrected chi connectivity index (χ1v) is 7.06. The van der Waals surface area contributed by atoms with Crippen LogP contribution < -0.4 is 16.6 Å². The van der Waals surface area contributed by atoms with Crippen molar-refractivity contribution < 1.29 is 4.79 Å². The molecule has 0 bridgehead atoms. The number of nitrogens with one attached hydrogen (secondary N) is 2. The number of nitrogen functional groups attached to an aromatic ring is 1. The maximum absolute atomic E-state index is 12.1. The highest BCUT2D eigenvalue weighted by Crippen LogP contribution is 2.22. The highest BCUT2D eigenvalue weighted by molar-refractivity contribution is 5.83. The van der Waals surface area contributed by atoms with E-state index in [0.29, 0.717) is 24.0 Å². The fourth-order valence-corrected chi connectivity index (χ4v) is 1.70. The number of carbonyl (C=O) groups is 1. The summed E-state index contributed by atoms with van der Waals surface area (Å²) in [6.07, 6.45) is 0. The third-order valence-electron chi connectivity index (χ3n) is 3.13. The van der Waals surface area contributed by atoms with E-state index in [4.69, 9.17) is 5.84 Å². The van der Waals surface area contributed by atoms with Crippen LogP contribution in [-0.4, -0.2) is 40.4 Å². The van der Waals surface area contributed by atoms with Crippen LogP contribution in [0.3, 0.4) is 0 Å². The zero-order valence-corrected chi connectivity index (χ0v) is 13.7. The van der Waals surface area contributed by atoms with E-state index >= 15 is 0 Å². The number of aromatic nitrogens is 2. The van der Waals surface area contributed by atoms with Gasteiger partial charge in [-0.25, -0.2) is 15.8 Å². The van der Waals surface area contributed by atoms with E-state index in [1.54, 1.807) is 18.0 Å². The van der Waals surface area contributed by atoms with Crippen LogP contribution in [0.4, 0.5) is 11.6 Å². The summed E-state index contributed by atoms with van der Waals surface area (Å²) < 4.78 is 0. The first-order chi connectivity index (χ1) is 9.68. The molecule has 1 aromatic heterocycles. The first-order valence-electron chi connectivity index (χ1n) is 7.06. The van der Waals surface area contributed by atoms with Crippen LogP contribution in [0.15, 0.2) is 6.07 Å². The summed E-state index contributed by atoms with van der Waals surface area (Å²) in [6.45, 7) is 10.5. The van der Waals surface area contributed by atoms with Gasteiger partial charge >= 0.3 is 0 Å². The van der Waals surface area contributed by atoms with Crippen LogP contribution in [0, 0.1) is 0 Å². The number of rotatable bonds is 5. The number of amides is 1. The van der Waals surface area contributed by atoms with Crippen LogP contribution >= 0.6 is 0 Å². The topological polar surface area (TPSA) is 96.2 Å². The average molecular weight is 294 g/mol. The van der Waals surface area contributed by atoms with E-state index in [-0.39, 0.29) is 17.4 Å². The lowest BCUT2D eigenvalue weighted by molar-refractivity contribution is -0.130. The number of likely N-dealkylation sites (N-methyl/N-ethyl adjacent to an activating group) is 1. The summed E-state index contributed by atoms with van der Waals surface area (Å²) >= 11 is 0. The van der Waals surface area contributed by atoms with Gasteiger partial charge in [-0.15, -0.1) is 0 Å². The second-order valence-corrected chi connectivity index (χ2v) is 6.07. The van der Waals surface area contributed by atoms with Crippen molar-refractivity contribution in [2.75, 3.05) is 24.3 Å². The summed E-state index contributed by atoms with van der Waals surface area (Å²) in [6, 6.07) is 1.31. The lowest BCUT2D eigenvalue weighted by Gasteiger charge is -2.23. The predicted octanol–water partition coefficient (Wildman–Crippen LogP) is 1.34. The molecule has 1 rings (SSSR count). The van der Waals surface area contributed by atoms with Gasteiger partial charge in [-0.1, -0.05) is 20.8 Å². The highest BCUT2D eigenvalue weighted by Gasteiger charge is 2.21. The van der Waals surface area contributed by atoms with Crippen molar-refractivity contribution in [3.63, 3.8) is 0 Å². The van der Waals surface area contributed by atoms with Crippen LogP contribution in [-0.2, 0) is 10.2 Å². The number of hydrogen-bond acceptors (Lipinski definition) is 6. The lowest BCUT2D eigenvalue weighted by atomic mass is 9.96. The molecule has 0 spiro atoms. The monoisotopic (exact) mass is 294 g/mol. The van der Waals surface area contributed by atoms with Gasteiger partial charge < -0.3 is 15.6 Å². The Hall–Kier alpha value is -1.89. The van der Waals surface area contributed by atoms with Crippen molar-refractivity contribution in [3.05, 3.63) is 11.9 Å². The molecule has 0 radical (unpaired) electrons. The Morgan fingerprint density at radius 1 is 1.38 bits per heavy atom. The normalized spacial score (nSPS) is 12.7. The molecular formula is C14H26N6O. The van der Waals surface area contributed by atoms with Crippen molar-refractivity contribution in [1.82, 2.24) is 14.9 Å². The second-order valence-electron chi connectivity index (χ2n) is 6.07. The van der Waals surface area contributed by atoms with E-state index in [2.05, 4.69) is 20.7 Å². The number of hydrazine groups is 1. The Kier molecular flexibility index (Phi) is 5.48. The molecule has 0 saturated carbocycles. The van der Waals surface area contributed by atoms with E-state index in [9.17, 15) is 4.79 Å². The summed E-state index contributed by atoms with van der Waals surface area (Å²) in [5.74, 6) is 7.21. The molecular weight excluding hydrogens is 268 g/mol. The zero-order chi connectivity index (χ0) is 16.2. The second kappa shape index (κ2) is 6.71. The van der Waals surface area contributed by atoms with E-state index in [1.165, 1.54) is 0 Å². The zero-order valence-electron chi connectivity index (χ0n) is 13.7. The number of nitrogens with two attached hydrogens (primary N) is 1. The van der Waals surface area contributed by atoms with Gasteiger partial charge in [-0.05, 0) is 13.8 Å². The molecule has 1 unspecified atom stereocenters. The van der Waals surface area contributed by atoms with Gasteiger partial charge in [0.25, 0.3) is 0 Å². The molecule has 1 amide bonds. The minimum atomic E-state index is -0.372. The van der Waals surface area contributed by atoms with Crippen molar-refractivity contribution in [2.45, 2.75) is 46.1 Å². The molecule has 0 saturated heterocycles. The molecule has 118 valence electrons. The Bertz CT molecular complexity index is 497. The van der Waals surface area contributed by atoms with E-state index in [1.807, 2.05) is 34.6 Å². The quantitative estimate of drug-likeness (QED) is 0.560. The van der Waals surface area contributed by atoms with Gasteiger partial charge in [0.05, 0.1) is 0 Å². The number of hydrogen-bond donors (Lipinski definition) is 3. The predicted molar refractivity (Wildman–Crippen MR) is 84.9 cm³/mol. The fourth-order valence-electron chi connectivity index (χ4n) is 1.70. The Morgan fingerprint density at radius 3 is 2.43 bits per heavy atom. The number of anilines is 2. The highest BCUT2D eigenvalue weighted by atomic mass is 16.2. The first kappa shape index (κ1) is 17.2. The molecule has 21 heavy (non-hydrogen) atoms. The van der Waals surface area contributed by atoms with Crippen LogP contribution in [0.2, 0.25) is 0 Å². The van der Waals surface area contributed by atoms with Crippen molar-refractivity contribution in [2.24, 2.45) is 5.84 Å². The Balaban J connectivity index is 3.00. The van der Waals surface area contributed by atoms with E-state index in [0.717, 1.165) is 0 Å². The van der Waals surface area contributed by atoms with Crippen LogP contribution in [0.25, 0.3) is 0 Å². The summed E-state index contributed by atoms with van der Waals surface area (Å²) in [5.41, 5.74) is 2.32. The van der Waals surface area contributed by atoms with Crippen LogP contribution in [0.5, 0.6) is 0 Å². The standard InChI is InChI=1S/C14H26N6O/c1-7-20(6)12(21)9(2)16-10-8-11(19-15)18-13(17-10)14(3,4)5/h8-9H,7,15H2,1-6H3,(H2,16,17,18,19). The maximum Gasteiger partial charge on any atom is 0.244 e. The van der Waals surface area contributed by atoms with Gasteiger partial charge in [-0.2, -0.15) is 0 Å². The minimum absolute atomic E-state index is 0.00989. The molecule has 1 atom stereocenters. The van der Waals surface area contributed by atoms with Gasteiger partial charge in [0.2, 0.25) is 5.91 Å². The molecule has 0 aliphatic heterocycles.